The van der Waals surface area contributed by atoms with Crippen molar-refractivity contribution in [2.75, 3.05) is 13.4 Å². The number of aryl methyl sites for hydroxylation is 1. The van der Waals surface area contributed by atoms with Crippen LogP contribution in [0, 0.1) is 6.92 Å². The van der Waals surface area contributed by atoms with Crippen LogP contribution in [0.5, 0.6) is 0 Å². The maximum Gasteiger partial charge on any atom is 0.417 e. The number of esters is 1. The molecule has 0 heterocycles. The molecular formula is C17H15F3O4S. The molecule has 0 aliphatic carbocycles. The summed E-state index contributed by atoms with van der Waals surface area (Å²) in [6, 6.07) is 7.76. The smallest absolute Gasteiger partial charge is 0.417 e. The maximum absolute atomic E-state index is 13.4. The molecule has 0 aliphatic rings. The summed E-state index contributed by atoms with van der Waals surface area (Å²) >= 11 is 0. The summed E-state index contributed by atoms with van der Waals surface area (Å²) in [7, 11) is -2.97. The second-order valence-corrected chi connectivity index (χ2v) is 7.51. The molecule has 0 fully saturated rings. The molecule has 0 amide bonds. The van der Waals surface area contributed by atoms with Gasteiger partial charge in [0.1, 0.15) is 0 Å². The molecule has 0 unspecified atom stereocenters. The zero-order valence-corrected chi connectivity index (χ0v) is 14.5. The van der Waals surface area contributed by atoms with Gasteiger partial charge in [0, 0.05) is 11.8 Å². The minimum absolute atomic E-state index is 0.123. The van der Waals surface area contributed by atoms with Crippen molar-refractivity contribution >= 4 is 15.8 Å². The lowest BCUT2D eigenvalue weighted by Gasteiger charge is -2.17. The average molecular weight is 372 g/mol. The van der Waals surface area contributed by atoms with Crippen LogP contribution in [0.2, 0.25) is 0 Å². The van der Waals surface area contributed by atoms with Crippen molar-refractivity contribution in [1.29, 1.82) is 0 Å². The van der Waals surface area contributed by atoms with Crippen LogP contribution >= 0.6 is 0 Å². The fraction of sp³-hybridized carbons (Fsp3) is 0.235. The first-order valence-electron chi connectivity index (χ1n) is 7.06. The lowest BCUT2D eigenvalue weighted by Crippen LogP contribution is -2.16. The second kappa shape index (κ2) is 6.51. The Morgan fingerprint density at radius 3 is 2.08 bits per heavy atom. The summed E-state index contributed by atoms with van der Waals surface area (Å²) < 4.78 is 68.7. The predicted octanol–water partition coefficient (Wildman–Crippen LogP) is 3.87. The topological polar surface area (TPSA) is 60.4 Å². The number of rotatable bonds is 3. The minimum Gasteiger partial charge on any atom is -0.465 e. The summed E-state index contributed by atoms with van der Waals surface area (Å²) in [4.78, 5) is 11.4. The third-order valence-electron chi connectivity index (χ3n) is 3.59. The number of hydrogen-bond acceptors (Lipinski definition) is 4. The number of carbonyl (C=O) groups excluding carboxylic acids is 1. The van der Waals surface area contributed by atoms with Crippen LogP contribution in [0.25, 0.3) is 11.1 Å². The van der Waals surface area contributed by atoms with E-state index >= 15 is 0 Å². The number of sulfone groups is 1. The van der Waals surface area contributed by atoms with Crippen molar-refractivity contribution in [3.05, 3.63) is 53.1 Å². The molecule has 2 rings (SSSR count). The average Bonchev–Trinajstić information content (AvgIpc) is 2.52. The van der Waals surface area contributed by atoms with Crippen molar-refractivity contribution in [2.45, 2.75) is 18.0 Å². The van der Waals surface area contributed by atoms with Crippen LogP contribution in [0.3, 0.4) is 0 Å². The molecule has 0 spiro atoms. The molecule has 8 heteroatoms. The van der Waals surface area contributed by atoms with E-state index in [-0.39, 0.29) is 10.5 Å². The standard InChI is InChI=1S/C17H15F3O4S/c1-10-4-6-11(7-5-10)12-8-14(17(18,19)20)13(16(21)24-2)9-15(12)25(3,22)23/h4-9H,1-3H3. The molecule has 2 aromatic carbocycles. The van der Waals surface area contributed by atoms with E-state index in [1.807, 2.05) is 0 Å². The Morgan fingerprint density at radius 2 is 1.64 bits per heavy atom. The molecule has 0 saturated carbocycles. The van der Waals surface area contributed by atoms with Gasteiger partial charge in [0.2, 0.25) is 0 Å². The number of carbonyl (C=O) groups is 1. The molecule has 0 aromatic heterocycles. The van der Waals surface area contributed by atoms with Crippen molar-refractivity contribution in [1.82, 2.24) is 0 Å². The molecule has 0 radical (unpaired) electrons. The lowest BCUT2D eigenvalue weighted by atomic mass is 9.98. The fourth-order valence-electron chi connectivity index (χ4n) is 2.36. The molecule has 0 saturated heterocycles. The first-order valence-corrected chi connectivity index (χ1v) is 8.95. The fourth-order valence-corrected chi connectivity index (χ4v) is 3.27. The number of benzene rings is 2. The Bertz CT molecular complexity index is 914. The third kappa shape index (κ3) is 4.01. The van der Waals surface area contributed by atoms with Crippen LogP contribution in [0.1, 0.15) is 21.5 Å². The van der Waals surface area contributed by atoms with Gasteiger partial charge >= 0.3 is 12.1 Å². The van der Waals surface area contributed by atoms with E-state index in [1.165, 1.54) is 12.1 Å². The molecule has 25 heavy (non-hydrogen) atoms. The van der Waals surface area contributed by atoms with Crippen LogP contribution in [-0.2, 0) is 20.8 Å². The molecule has 2 aromatic rings. The van der Waals surface area contributed by atoms with Gasteiger partial charge in [0.15, 0.2) is 9.84 Å². The van der Waals surface area contributed by atoms with Gasteiger partial charge in [-0.15, -0.1) is 0 Å². The van der Waals surface area contributed by atoms with Gasteiger partial charge in [-0.3, -0.25) is 0 Å². The van der Waals surface area contributed by atoms with Crippen molar-refractivity contribution in [2.24, 2.45) is 0 Å². The van der Waals surface area contributed by atoms with Crippen molar-refractivity contribution in [3.63, 3.8) is 0 Å². The zero-order valence-electron chi connectivity index (χ0n) is 13.6. The van der Waals surface area contributed by atoms with Gasteiger partial charge in [0.05, 0.1) is 23.1 Å². The monoisotopic (exact) mass is 372 g/mol. The van der Waals surface area contributed by atoms with Gasteiger partial charge in [-0.1, -0.05) is 29.8 Å². The predicted molar refractivity (Wildman–Crippen MR) is 86.1 cm³/mol. The van der Waals surface area contributed by atoms with E-state index in [0.29, 0.717) is 11.6 Å². The van der Waals surface area contributed by atoms with Crippen molar-refractivity contribution < 1.29 is 31.1 Å². The van der Waals surface area contributed by atoms with Gasteiger partial charge in [-0.2, -0.15) is 13.2 Å². The molecule has 0 N–H and O–H groups in total. The Morgan fingerprint density at radius 1 is 1.08 bits per heavy atom. The Hall–Kier alpha value is -2.35. The summed E-state index contributed by atoms with van der Waals surface area (Å²) in [5.74, 6) is -1.26. The lowest BCUT2D eigenvalue weighted by molar-refractivity contribution is -0.138. The van der Waals surface area contributed by atoms with Crippen molar-refractivity contribution in [3.8, 4) is 11.1 Å². The summed E-state index contributed by atoms with van der Waals surface area (Å²) in [5, 5.41) is 0. The van der Waals surface area contributed by atoms with Crippen LogP contribution in [-0.4, -0.2) is 27.8 Å². The van der Waals surface area contributed by atoms with Gasteiger partial charge < -0.3 is 4.74 Å². The Labute approximate surface area is 143 Å². The normalized spacial score (nSPS) is 12.1. The third-order valence-corrected chi connectivity index (χ3v) is 4.73. The summed E-state index contributed by atoms with van der Waals surface area (Å²) in [5.41, 5.74) is -1.05. The van der Waals surface area contributed by atoms with Crippen LogP contribution in [0.4, 0.5) is 13.2 Å². The highest BCUT2D eigenvalue weighted by Crippen LogP contribution is 2.38. The Kier molecular flexibility index (Phi) is 4.94. The highest BCUT2D eigenvalue weighted by molar-refractivity contribution is 7.90. The maximum atomic E-state index is 13.4. The number of alkyl halides is 3. The SMILES string of the molecule is COC(=O)c1cc(S(C)(=O)=O)c(-c2ccc(C)cc2)cc1C(F)(F)F. The van der Waals surface area contributed by atoms with E-state index < -0.39 is 33.1 Å². The van der Waals surface area contributed by atoms with E-state index in [4.69, 9.17) is 0 Å². The number of hydrogen-bond donors (Lipinski definition) is 0. The Balaban J connectivity index is 2.90. The van der Waals surface area contributed by atoms with E-state index in [9.17, 15) is 26.4 Å². The van der Waals surface area contributed by atoms with Gasteiger partial charge in [-0.05, 0) is 24.6 Å². The first-order chi connectivity index (χ1) is 11.4. The minimum atomic E-state index is -4.85. The largest absolute Gasteiger partial charge is 0.465 e. The molecule has 0 bridgehead atoms. The molecule has 0 atom stereocenters. The summed E-state index contributed by atoms with van der Waals surface area (Å²) in [6.45, 7) is 1.79. The zero-order chi connectivity index (χ0) is 19.0. The van der Waals surface area contributed by atoms with Crippen LogP contribution in [0.15, 0.2) is 41.3 Å². The highest BCUT2D eigenvalue weighted by Gasteiger charge is 2.37. The van der Waals surface area contributed by atoms with Crippen LogP contribution < -0.4 is 0 Å². The summed E-state index contributed by atoms with van der Waals surface area (Å²) in [6.07, 6.45) is -3.98. The van der Waals surface area contributed by atoms with E-state index in [2.05, 4.69) is 4.74 Å². The van der Waals surface area contributed by atoms with E-state index in [1.54, 1.807) is 19.1 Å². The quantitative estimate of drug-likeness (QED) is 0.768. The number of halogens is 3. The number of methoxy groups -OCH3 is 1. The molecule has 4 nitrogen and oxygen atoms in total. The molecule has 134 valence electrons. The number of ether oxygens (including phenoxy) is 1. The van der Waals surface area contributed by atoms with Gasteiger partial charge in [-0.25, -0.2) is 13.2 Å². The molecular weight excluding hydrogens is 357 g/mol. The molecule has 0 aliphatic heterocycles. The van der Waals surface area contributed by atoms with Gasteiger partial charge in [0.25, 0.3) is 0 Å². The second-order valence-electron chi connectivity index (χ2n) is 5.52. The van der Waals surface area contributed by atoms with E-state index in [0.717, 1.165) is 25.0 Å². The first kappa shape index (κ1) is 19.0. The highest BCUT2D eigenvalue weighted by atomic mass is 32.2.